The highest BCUT2D eigenvalue weighted by atomic mass is 16.2. The third-order valence-electron chi connectivity index (χ3n) is 4.85. The summed E-state index contributed by atoms with van der Waals surface area (Å²) in [6, 6.07) is 0. The molecule has 2 aromatic rings. The summed E-state index contributed by atoms with van der Waals surface area (Å²) in [5.74, 6) is 0.778. The second-order valence-electron chi connectivity index (χ2n) is 6.84. The number of likely N-dealkylation sites (tertiary alicyclic amines) is 1. The average Bonchev–Trinajstić information content (AvgIpc) is 3.21. The van der Waals surface area contributed by atoms with Gasteiger partial charge in [-0.3, -0.25) is 14.3 Å². The molecule has 0 aromatic carbocycles. The molecule has 0 spiro atoms. The highest BCUT2D eigenvalue weighted by Gasteiger charge is 2.28. The second kappa shape index (κ2) is 7.72. The second-order valence-corrected chi connectivity index (χ2v) is 6.84. The lowest BCUT2D eigenvalue weighted by molar-refractivity contribution is -0.118. The first-order valence-corrected chi connectivity index (χ1v) is 9.12. The van der Waals surface area contributed by atoms with Gasteiger partial charge in [0.05, 0.1) is 11.3 Å². The number of rotatable bonds is 6. The molecule has 0 bridgehead atoms. The SMILES string of the molecule is CCCn1cc(C(=O)N2CCC(c3nccn3CC(N)=O)CC2)c(C)n1. The maximum absolute atomic E-state index is 12.8. The molecule has 1 saturated heterocycles. The monoisotopic (exact) mass is 358 g/mol. The first-order chi connectivity index (χ1) is 12.5. The van der Waals surface area contributed by atoms with E-state index in [1.54, 1.807) is 12.4 Å². The van der Waals surface area contributed by atoms with Crippen molar-refractivity contribution < 1.29 is 9.59 Å². The van der Waals surface area contributed by atoms with E-state index in [2.05, 4.69) is 17.0 Å². The first-order valence-electron chi connectivity index (χ1n) is 9.12. The van der Waals surface area contributed by atoms with Crippen molar-refractivity contribution in [1.82, 2.24) is 24.2 Å². The third-order valence-corrected chi connectivity index (χ3v) is 4.85. The molecule has 26 heavy (non-hydrogen) atoms. The number of nitrogens with zero attached hydrogens (tertiary/aromatic N) is 5. The number of aromatic nitrogens is 4. The normalized spacial score (nSPS) is 15.4. The maximum atomic E-state index is 12.8. The molecule has 8 heteroatoms. The molecule has 3 rings (SSSR count). The van der Waals surface area contributed by atoms with Gasteiger partial charge in [0, 0.05) is 44.1 Å². The van der Waals surface area contributed by atoms with Gasteiger partial charge in [0.1, 0.15) is 12.4 Å². The van der Waals surface area contributed by atoms with Gasteiger partial charge < -0.3 is 15.2 Å². The highest BCUT2D eigenvalue weighted by molar-refractivity contribution is 5.95. The molecule has 0 radical (unpaired) electrons. The summed E-state index contributed by atoms with van der Waals surface area (Å²) in [6.07, 6.45) is 7.96. The zero-order chi connectivity index (χ0) is 18.7. The standard InChI is InChI=1S/C18H26N6O2/c1-3-7-24-11-15(13(2)21-24)18(26)22-8-4-14(5-9-22)17-20-6-10-23(17)12-16(19)25/h6,10-11,14H,3-5,7-9,12H2,1-2H3,(H2,19,25). The van der Waals surface area contributed by atoms with Crippen LogP contribution < -0.4 is 5.73 Å². The van der Waals surface area contributed by atoms with Gasteiger partial charge in [-0.1, -0.05) is 6.92 Å². The predicted octanol–water partition coefficient (Wildman–Crippen LogP) is 1.30. The van der Waals surface area contributed by atoms with Crippen LogP contribution >= 0.6 is 0 Å². The number of primary amides is 1. The average molecular weight is 358 g/mol. The van der Waals surface area contributed by atoms with Crippen molar-refractivity contribution in [2.24, 2.45) is 5.73 Å². The molecule has 0 unspecified atom stereocenters. The summed E-state index contributed by atoms with van der Waals surface area (Å²) in [5.41, 5.74) is 6.76. The fourth-order valence-corrected chi connectivity index (χ4v) is 3.56. The minimum atomic E-state index is -0.378. The van der Waals surface area contributed by atoms with Crippen molar-refractivity contribution in [3.8, 4) is 0 Å². The zero-order valence-electron chi connectivity index (χ0n) is 15.4. The number of amides is 2. The van der Waals surface area contributed by atoms with Crippen LogP contribution in [0.15, 0.2) is 18.6 Å². The van der Waals surface area contributed by atoms with E-state index in [0.717, 1.165) is 37.3 Å². The molecule has 0 atom stereocenters. The van der Waals surface area contributed by atoms with Crippen LogP contribution in [0.25, 0.3) is 0 Å². The Morgan fingerprint density at radius 3 is 2.69 bits per heavy atom. The Kier molecular flexibility index (Phi) is 5.39. The summed E-state index contributed by atoms with van der Waals surface area (Å²) in [7, 11) is 0. The number of carbonyl (C=O) groups is 2. The van der Waals surface area contributed by atoms with Gasteiger partial charge in [-0.05, 0) is 26.2 Å². The number of piperidine rings is 1. The topological polar surface area (TPSA) is 99.0 Å². The van der Waals surface area contributed by atoms with Gasteiger partial charge in [-0.2, -0.15) is 5.10 Å². The van der Waals surface area contributed by atoms with Crippen LogP contribution in [0.5, 0.6) is 0 Å². The Morgan fingerprint density at radius 2 is 2.04 bits per heavy atom. The lowest BCUT2D eigenvalue weighted by atomic mass is 9.95. The molecule has 2 aromatic heterocycles. The summed E-state index contributed by atoms with van der Waals surface area (Å²) in [6.45, 7) is 6.28. The molecule has 0 saturated carbocycles. The highest BCUT2D eigenvalue weighted by Crippen LogP contribution is 2.28. The first kappa shape index (κ1) is 18.2. The van der Waals surface area contributed by atoms with Crippen LogP contribution in [-0.2, 0) is 17.9 Å². The van der Waals surface area contributed by atoms with Crippen LogP contribution in [0.1, 0.15) is 54.0 Å². The zero-order valence-corrected chi connectivity index (χ0v) is 15.4. The summed E-state index contributed by atoms with van der Waals surface area (Å²) < 4.78 is 3.65. The number of aryl methyl sites for hydroxylation is 2. The lowest BCUT2D eigenvalue weighted by Crippen LogP contribution is -2.38. The van der Waals surface area contributed by atoms with Crippen LogP contribution in [0, 0.1) is 6.92 Å². The van der Waals surface area contributed by atoms with Gasteiger partial charge in [-0.15, -0.1) is 0 Å². The van der Waals surface area contributed by atoms with Crippen molar-refractivity contribution in [2.75, 3.05) is 13.1 Å². The molecular formula is C18H26N6O2. The molecule has 1 aliphatic rings. The number of hydrogen-bond donors (Lipinski definition) is 1. The Bertz CT molecular complexity index is 785. The predicted molar refractivity (Wildman–Crippen MR) is 96.6 cm³/mol. The Hall–Kier alpha value is -2.64. The maximum Gasteiger partial charge on any atom is 0.257 e. The van der Waals surface area contributed by atoms with E-state index in [0.29, 0.717) is 18.7 Å². The van der Waals surface area contributed by atoms with Crippen LogP contribution in [0.3, 0.4) is 0 Å². The van der Waals surface area contributed by atoms with Gasteiger partial charge in [0.25, 0.3) is 5.91 Å². The summed E-state index contributed by atoms with van der Waals surface area (Å²) in [4.78, 5) is 30.3. The van der Waals surface area contributed by atoms with E-state index in [-0.39, 0.29) is 24.3 Å². The molecule has 3 heterocycles. The fraction of sp³-hybridized carbons (Fsp3) is 0.556. The Balaban J connectivity index is 1.64. The van der Waals surface area contributed by atoms with Crippen LogP contribution in [0.4, 0.5) is 0 Å². The molecular weight excluding hydrogens is 332 g/mol. The third kappa shape index (κ3) is 3.79. The summed E-state index contributed by atoms with van der Waals surface area (Å²) >= 11 is 0. The van der Waals surface area contributed by atoms with Crippen molar-refractivity contribution in [1.29, 1.82) is 0 Å². The van der Waals surface area contributed by atoms with E-state index in [1.165, 1.54) is 0 Å². The number of imidazole rings is 1. The summed E-state index contributed by atoms with van der Waals surface area (Å²) in [5, 5.41) is 4.42. The molecule has 1 fully saturated rings. The Morgan fingerprint density at radius 1 is 1.31 bits per heavy atom. The molecule has 1 aliphatic heterocycles. The minimum Gasteiger partial charge on any atom is -0.368 e. The molecule has 140 valence electrons. The Labute approximate surface area is 153 Å². The molecule has 0 aliphatic carbocycles. The van der Waals surface area contributed by atoms with Gasteiger partial charge >= 0.3 is 0 Å². The van der Waals surface area contributed by atoms with E-state index >= 15 is 0 Å². The minimum absolute atomic E-state index is 0.0452. The van der Waals surface area contributed by atoms with Crippen molar-refractivity contribution in [3.63, 3.8) is 0 Å². The van der Waals surface area contributed by atoms with E-state index in [1.807, 2.05) is 27.3 Å². The van der Waals surface area contributed by atoms with Gasteiger partial charge in [0.15, 0.2) is 0 Å². The van der Waals surface area contributed by atoms with Crippen molar-refractivity contribution in [2.45, 2.75) is 52.1 Å². The quantitative estimate of drug-likeness (QED) is 0.841. The smallest absolute Gasteiger partial charge is 0.257 e. The molecule has 8 nitrogen and oxygen atoms in total. The van der Waals surface area contributed by atoms with Crippen LogP contribution in [-0.4, -0.2) is 49.1 Å². The van der Waals surface area contributed by atoms with E-state index in [4.69, 9.17) is 5.73 Å². The number of nitrogens with two attached hydrogens (primary N) is 1. The van der Waals surface area contributed by atoms with Crippen molar-refractivity contribution >= 4 is 11.8 Å². The van der Waals surface area contributed by atoms with Crippen molar-refractivity contribution in [3.05, 3.63) is 35.7 Å². The lowest BCUT2D eigenvalue weighted by Gasteiger charge is -2.31. The van der Waals surface area contributed by atoms with Gasteiger partial charge in [0.2, 0.25) is 5.91 Å². The molecule has 2 N–H and O–H groups in total. The fourth-order valence-electron chi connectivity index (χ4n) is 3.56. The number of carbonyl (C=O) groups excluding carboxylic acids is 2. The van der Waals surface area contributed by atoms with E-state index < -0.39 is 0 Å². The van der Waals surface area contributed by atoms with Crippen LogP contribution in [0.2, 0.25) is 0 Å². The largest absolute Gasteiger partial charge is 0.368 e. The van der Waals surface area contributed by atoms with E-state index in [9.17, 15) is 9.59 Å². The molecule has 2 amide bonds. The van der Waals surface area contributed by atoms with Gasteiger partial charge in [-0.25, -0.2) is 4.98 Å². The number of hydrogen-bond acceptors (Lipinski definition) is 4.